The largest absolute Gasteiger partial charge is 0.497 e. The molecule has 3 rings (SSSR count). The molecule has 5 nitrogen and oxygen atoms in total. The first-order valence-corrected chi connectivity index (χ1v) is 10.1. The van der Waals surface area contributed by atoms with Crippen LogP contribution >= 0.6 is 11.8 Å². The van der Waals surface area contributed by atoms with Gasteiger partial charge in [0.05, 0.1) is 24.1 Å². The van der Waals surface area contributed by atoms with E-state index >= 15 is 0 Å². The number of carbonyl (C=O) groups is 1. The second kappa shape index (κ2) is 9.69. The van der Waals surface area contributed by atoms with Crippen molar-refractivity contribution < 1.29 is 35.9 Å². The molecule has 0 aliphatic heterocycles. The van der Waals surface area contributed by atoms with E-state index in [1.807, 2.05) is 0 Å². The molecular weight excluding hydrogens is 472 g/mol. The lowest BCUT2D eigenvalue weighted by atomic mass is 10.1. The zero-order valence-electron chi connectivity index (χ0n) is 16.8. The Balaban J connectivity index is 1.77. The number of hydrogen-bond acceptors (Lipinski definition) is 5. The molecule has 1 amide bonds. The lowest BCUT2D eigenvalue weighted by Crippen LogP contribution is -2.16. The van der Waals surface area contributed by atoms with Gasteiger partial charge in [0.2, 0.25) is 5.91 Å². The van der Waals surface area contributed by atoms with Gasteiger partial charge in [-0.2, -0.15) is 26.3 Å². The molecule has 33 heavy (non-hydrogen) atoms. The van der Waals surface area contributed by atoms with E-state index in [2.05, 4.69) is 15.3 Å². The molecule has 12 heteroatoms. The van der Waals surface area contributed by atoms with E-state index in [1.165, 1.54) is 25.3 Å². The first-order chi connectivity index (χ1) is 15.5. The molecule has 0 aliphatic rings. The fraction of sp³-hybridized carbons (Fsp3) is 0.190. The van der Waals surface area contributed by atoms with Crippen molar-refractivity contribution in [2.75, 3.05) is 18.2 Å². The second-order valence-corrected chi connectivity index (χ2v) is 7.51. The highest BCUT2D eigenvalue weighted by Gasteiger charge is 2.34. The summed E-state index contributed by atoms with van der Waals surface area (Å²) >= 11 is 0.623. The third-order valence-corrected chi connectivity index (χ3v) is 5.04. The molecule has 0 aliphatic carbocycles. The quantitative estimate of drug-likeness (QED) is 0.266. The number of nitrogens with one attached hydrogen (secondary N) is 1. The molecule has 0 radical (unpaired) electrons. The Kier molecular flexibility index (Phi) is 7.15. The summed E-state index contributed by atoms with van der Waals surface area (Å²) in [5, 5.41) is 1.97. The summed E-state index contributed by atoms with van der Waals surface area (Å²) < 4.78 is 83.3. The van der Waals surface area contributed by atoms with E-state index in [4.69, 9.17) is 4.74 Å². The zero-order valence-corrected chi connectivity index (χ0v) is 17.6. The molecule has 0 saturated carbocycles. The van der Waals surface area contributed by atoms with Crippen LogP contribution in [0.5, 0.6) is 5.75 Å². The predicted molar refractivity (Wildman–Crippen MR) is 110 cm³/mol. The molecule has 0 bridgehead atoms. The molecule has 0 fully saturated rings. The number of benzene rings is 2. The fourth-order valence-corrected chi connectivity index (χ4v) is 3.30. The molecule has 1 heterocycles. The van der Waals surface area contributed by atoms with Gasteiger partial charge in [0.1, 0.15) is 11.4 Å². The number of alkyl halides is 6. The van der Waals surface area contributed by atoms with Crippen LogP contribution < -0.4 is 10.1 Å². The van der Waals surface area contributed by atoms with Crippen LogP contribution in [0.15, 0.2) is 59.8 Å². The Bertz CT molecular complexity index is 1130. The molecule has 0 spiro atoms. The average molecular weight is 487 g/mol. The molecule has 2 aromatic carbocycles. The van der Waals surface area contributed by atoms with Crippen LogP contribution in [0, 0.1) is 0 Å². The van der Waals surface area contributed by atoms with Crippen LogP contribution in [-0.4, -0.2) is 28.7 Å². The van der Waals surface area contributed by atoms with Gasteiger partial charge in [0.15, 0.2) is 5.16 Å². The topological polar surface area (TPSA) is 64.1 Å². The summed E-state index contributed by atoms with van der Waals surface area (Å²) in [6, 6.07) is 10.9. The maximum atomic E-state index is 13.3. The van der Waals surface area contributed by atoms with Crippen LogP contribution in [0.25, 0.3) is 11.3 Å². The van der Waals surface area contributed by atoms with Crippen molar-refractivity contribution in [1.82, 2.24) is 9.97 Å². The van der Waals surface area contributed by atoms with E-state index in [-0.39, 0.29) is 16.5 Å². The normalized spacial score (nSPS) is 11.8. The van der Waals surface area contributed by atoms with Gasteiger partial charge in [-0.25, -0.2) is 9.97 Å². The second-order valence-electron chi connectivity index (χ2n) is 6.56. The molecular formula is C21H15F6N3O2S. The minimum Gasteiger partial charge on any atom is -0.497 e. The van der Waals surface area contributed by atoms with Gasteiger partial charge in [-0.1, -0.05) is 17.8 Å². The Labute approximate surface area is 188 Å². The molecule has 1 aromatic heterocycles. The monoisotopic (exact) mass is 487 g/mol. The smallest absolute Gasteiger partial charge is 0.433 e. The summed E-state index contributed by atoms with van der Waals surface area (Å²) in [5.41, 5.74) is -1.87. The maximum absolute atomic E-state index is 13.3. The summed E-state index contributed by atoms with van der Waals surface area (Å²) in [6.07, 6.45) is -9.33. The summed E-state index contributed by atoms with van der Waals surface area (Å²) in [6.45, 7) is 0. The lowest BCUT2D eigenvalue weighted by molar-refractivity contribution is -0.141. The van der Waals surface area contributed by atoms with Crippen LogP contribution in [-0.2, 0) is 17.1 Å². The number of thioether (sulfide) groups is 1. The molecule has 174 valence electrons. The zero-order chi connectivity index (χ0) is 24.2. The molecule has 0 atom stereocenters. The maximum Gasteiger partial charge on any atom is 0.433 e. The number of nitrogens with zero attached hydrogens (tertiary/aromatic N) is 2. The summed E-state index contributed by atoms with van der Waals surface area (Å²) in [7, 11) is 1.45. The van der Waals surface area contributed by atoms with Gasteiger partial charge < -0.3 is 10.1 Å². The Morgan fingerprint density at radius 3 is 2.27 bits per heavy atom. The van der Waals surface area contributed by atoms with Gasteiger partial charge >= 0.3 is 12.4 Å². The molecule has 0 saturated heterocycles. The lowest BCUT2D eigenvalue weighted by Gasteiger charge is -2.11. The first-order valence-electron chi connectivity index (χ1n) is 9.16. The number of methoxy groups -OCH3 is 1. The average Bonchev–Trinajstić information content (AvgIpc) is 2.76. The first kappa shape index (κ1) is 24.4. The highest BCUT2D eigenvalue weighted by atomic mass is 32.2. The van der Waals surface area contributed by atoms with Crippen molar-refractivity contribution >= 4 is 23.4 Å². The third kappa shape index (κ3) is 6.60. The highest BCUT2D eigenvalue weighted by Crippen LogP contribution is 2.33. The number of anilines is 1. The van der Waals surface area contributed by atoms with Gasteiger partial charge in [0, 0.05) is 11.3 Å². The molecule has 0 unspecified atom stereocenters. The minimum atomic E-state index is -4.75. The van der Waals surface area contributed by atoms with E-state index < -0.39 is 35.3 Å². The van der Waals surface area contributed by atoms with Crippen LogP contribution in [0.3, 0.4) is 0 Å². The Morgan fingerprint density at radius 2 is 1.67 bits per heavy atom. The standard InChI is InChI=1S/C21H15F6N3O2S/c1-32-15-7-5-12(6-8-15)16-10-17(21(25,26)27)30-19(29-16)33-11-18(31)28-14-4-2-3-13(9-14)20(22,23)24/h2-10H,11H2,1H3,(H,28,31). The van der Waals surface area contributed by atoms with E-state index in [1.54, 1.807) is 12.1 Å². The van der Waals surface area contributed by atoms with Crippen molar-refractivity contribution in [3.63, 3.8) is 0 Å². The fourth-order valence-electron chi connectivity index (χ4n) is 2.65. The Morgan fingerprint density at radius 1 is 0.970 bits per heavy atom. The number of carbonyl (C=O) groups excluding carboxylic acids is 1. The van der Waals surface area contributed by atoms with Crippen molar-refractivity contribution in [2.45, 2.75) is 17.5 Å². The van der Waals surface area contributed by atoms with Crippen molar-refractivity contribution in [3.05, 3.63) is 65.9 Å². The van der Waals surface area contributed by atoms with Crippen molar-refractivity contribution in [3.8, 4) is 17.0 Å². The van der Waals surface area contributed by atoms with Gasteiger partial charge in [-0.15, -0.1) is 0 Å². The number of amides is 1. The van der Waals surface area contributed by atoms with Crippen LogP contribution in [0.1, 0.15) is 11.3 Å². The minimum absolute atomic E-state index is 0.0132. The third-order valence-electron chi connectivity index (χ3n) is 4.19. The SMILES string of the molecule is COc1ccc(-c2cc(C(F)(F)F)nc(SCC(=O)Nc3cccc(C(F)(F)F)c3)n2)cc1. The molecule has 3 aromatic rings. The van der Waals surface area contributed by atoms with E-state index in [0.717, 1.165) is 24.3 Å². The Hall–Kier alpha value is -3.28. The van der Waals surface area contributed by atoms with Gasteiger partial charge in [0.25, 0.3) is 0 Å². The van der Waals surface area contributed by atoms with Crippen LogP contribution in [0.4, 0.5) is 32.0 Å². The summed E-state index contributed by atoms with van der Waals surface area (Å²) in [4.78, 5) is 19.7. The van der Waals surface area contributed by atoms with Crippen molar-refractivity contribution in [1.29, 1.82) is 0 Å². The number of ether oxygens (including phenoxy) is 1. The van der Waals surface area contributed by atoms with Gasteiger partial charge in [-0.3, -0.25) is 4.79 Å². The predicted octanol–water partition coefficient (Wildman–Crippen LogP) is 5.92. The molecule has 1 N–H and O–H groups in total. The van der Waals surface area contributed by atoms with Gasteiger partial charge in [-0.05, 0) is 48.5 Å². The number of halogens is 6. The van der Waals surface area contributed by atoms with E-state index in [0.29, 0.717) is 23.1 Å². The number of rotatable bonds is 6. The highest BCUT2D eigenvalue weighted by molar-refractivity contribution is 7.99. The van der Waals surface area contributed by atoms with Crippen LogP contribution in [0.2, 0.25) is 0 Å². The van der Waals surface area contributed by atoms with Crippen molar-refractivity contribution in [2.24, 2.45) is 0 Å². The summed E-state index contributed by atoms with van der Waals surface area (Å²) in [5.74, 6) is -0.643. The van der Waals surface area contributed by atoms with E-state index in [9.17, 15) is 31.1 Å². The number of hydrogen-bond donors (Lipinski definition) is 1. The number of aromatic nitrogens is 2.